The third kappa shape index (κ3) is 3.39. The Hall–Kier alpha value is -2.15. The van der Waals surface area contributed by atoms with Gasteiger partial charge in [0.25, 0.3) is 0 Å². The number of nitrogens with two attached hydrogens (primary N) is 1. The number of likely N-dealkylation sites (tertiary alicyclic amines) is 1. The SMILES string of the molecule is Cc1ccc(C2(C(F)(F)F)CC2)cc1-c1cnc(N)c(C2CN(C(C)(C)C)C2)n1. The molecular weight excluding hydrogens is 377 g/mol. The fraction of sp³-hybridized carbons (Fsp3) is 0.545. The molecule has 0 atom stereocenters. The van der Waals surface area contributed by atoms with Crippen molar-refractivity contribution < 1.29 is 13.2 Å². The first-order valence-electron chi connectivity index (χ1n) is 9.98. The molecule has 1 saturated carbocycles. The third-order valence-corrected chi connectivity index (χ3v) is 6.40. The highest BCUT2D eigenvalue weighted by molar-refractivity contribution is 5.66. The summed E-state index contributed by atoms with van der Waals surface area (Å²) in [6.07, 6.45) is -2.39. The Morgan fingerprint density at radius 1 is 1.14 bits per heavy atom. The molecule has 2 N–H and O–H groups in total. The standard InChI is InChI=1S/C22H27F3N4/c1-13-5-6-15(21(7-8-21)22(23,24)25)9-16(13)17-10-27-19(26)18(28-17)14-11-29(12-14)20(2,3)4/h5-6,9-10,14H,7-8,11-12H2,1-4H3,(H2,26,27). The number of benzene rings is 1. The van der Waals surface area contributed by atoms with E-state index in [4.69, 9.17) is 10.7 Å². The van der Waals surface area contributed by atoms with Crippen molar-refractivity contribution in [3.8, 4) is 11.3 Å². The molecule has 0 unspecified atom stereocenters. The molecule has 0 spiro atoms. The van der Waals surface area contributed by atoms with Gasteiger partial charge in [-0.25, -0.2) is 9.97 Å². The molecule has 29 heavy (non-hydrogen) atoms. The van der Waals surface area contributed by atoms with Gasteiger partial charge in [-0.1, -0.05) is 12.1 Å². The van der Waals surface area contributed by atoms with Crippen LogP contribution in [0.1, 0.15) is 56.4 Å². The summed E-state index contributed by atoms with van der Waals surface area (Å²) in [4.78, 5) is 11.4. The average molecular weight is 404 g/mol. The van der Waals surface area contributed by atoms with Gasteiger partial charge < -0.3 is 5.73 Å². The summed E-state index contributed by atoms with van der Waals surface area (Å²) in [6.45, 7) is 10.1. The molecule has 1 saturated heterocycles. The molecule has 1 aliphatic heterocycles. The van der Waals surface area contributed by atoms with E-state index >= 15 is 0 Å². The lowest BCUT2D eigenvalue weighted by atomic mass is 9.89. The van der Waals surface area contributed by atoms with Crippen LogP contribution >= 0.6 is 0 Å². The minimum Gasteiger partial charge on any atom is -0.382 e. The van der Waals surface area contributed by atoms with Crippen molar-refractivity contribution in [2.75, 3.05) is 18.8 Å². The van der Waals surface area contributed by atoms with Gasteiger partial charge in [-0.2, -0.15) is 13.2 Å². The third-order valence-electron chi connectivity index (χ3n) is 6.40. The maximum Gasteiger partial charge on any atom is 0.398 e. The molecular formula is C22H27F3N4. The molecule has 2 aromatic rings. The van der Waals surface area contributed by atoms with E-state index in [1.807, 2.05) is 6.92 Å². The fourth-order valence-electron chi connectivity index (χ4n) is 4.10. The molecule has 2 aliphatic rings. The highest BCUT2D eigenvalue weighted by Gasteiger charge is 2.64. The average Bonchev–Trinajstić information content (AvgIpc) is 3.36. The first-order chi connectivity index (χ1) is 13.4. The van der Waals surface area contributed by atoms with Crippen LogP contribution in [0, 0.1) is 6.92 Å². The second-order valence-corrected chi connectivity index (χ2v) is 9.41. The van der Waals surface area contributed by atoms with Gasteiger partial charge in [0.2, 0.25) is 0 Å². The van der Waals surface area contributed by atoms with E-state index < -0.39 is 11.6 Å². The first-order valence-corrected chi connectivity index (χ1v) is 9.98. The van der Waals surface area contributed by atoms with Gasteiger partial charge in [-0.05, 0) is 57.7 Å². The first kappa shape index (κ1) is 20.1. The molecule has 156 valence electrons. The lowest BCUT2D eigenvalue weighted by Gasteiger charge is -2.47. The van der Waals surface area contributed by atoms with Crippen molar-refractivity contribution in [3.05, 3.63) is 41.2 Å². The highest BCUT2D eigenvalue weighted by Crippen LogP contribution is 2.59. The molecule has 1 aromatic heterocycles. The quantitative estimate of drug-likeness (QED) is 0.796. The van der Waals surface area contributed by atoms with Crippen LogP contribution in [-0.2, 0) is 5.41 Å². The molecule has 0 amide bonds. The normalized spacial score (nSPS) is 19.8. The van der Waals surface area contributed by atoms with Crippen molar-refractivity contribution >= 4 is 5.82 Å². The number of alkyl halides is 3. The van der Waals surface area contributed by atoms with Crippen molar-refractivity contribution in [3.63, 3.8) is 0 Å². The summed E-state index contributed by atoms with van der Waals surface area (Å²) in [5, 5.41) is 0. The second kappa shape index (κ2) is 6.42. The Morgan fingerprint density at radius 2 is 1.79 bits per heavy atom. The zero-order valence-corrected chi connectivity index (χ0v) is 17.3. The van der Waals surface area contributed by atoms with E-state index in [9.17, 15) is 13.2 Å². The molecule has 7 heteroatoms. The van der Waals surface area contributed by atoms with Crippen molar-refractivity contribution in [1.82, 2.24) is 14.9 Å². The number of rotatable bonds is 3. The van der Waals surface area contributed by atoms with Crippen molar-refractivity contribution in [2.24, 2.45) is 0 Å². The summed E-state index contributed by atoms with van der Waals surface area (Å²) >= 11 is 0. The molecule has 0 radical (unpaired) electrons. The van der Waals surface area contributed by atoms with Crippen LogP contribution in [0.5, 0.6) is 0 Å². The molecule has 1 aliphatic carbocycles. The van der Waals surface area contributed by atoms with Gasteiger partial charge in [0.15, 0.2) is 0 Å². The van der Waals surface area contributed by atoms with E-state index in [0.717, 1.165) is 24.3 Å². The van der Waals surface area contributed by atoms with Crippen molar-refractivity contribution in [1.29, 1.82) is 0 Å². The lowest BCUT2D eigenvalue weighted by molar-refractivity contribution is -0.160. The summed E-state index contributed by atoms with van der Waals surface area (Å²) < 4.78 is 40.7. The summed E-state index contributed by atoms with van der Waals surface area (Å²) in [6, 6.07) is 4.99. The van der Waals surface area contributed by atoms with Gasteiger partial charge in [0.1, 0.15) is 5.82 Å². The summed E-state index contributed by atoms with van der Waals surface area (Å²) in [5.41, 5.74) is 7.68. The van der Waals surface area contributed by atoms with Gasteiger partial charge in [-0.15, -0.1) is 0 Å². The second-order valence-electron chi connectivity index (χ2n) is 9.41. The number of hydrogen-bond donors (Lipinski definition) is 1. The van der Waals surface area contributed by atoms with Gasteiger partial charge in [-0.3, -0.25) is 4.90 Å². The number of nitrogens with zero attached hydrogens (tertiary/aromatic N) is 3. The Balaban J connectivity index is 1.67. The van der Waals surface area contributed by atoms with Crippen LogP contribution in [-0.4, -0.2) is 39.7 Å². The largest absolute Gasteiger partial charge is 0.398 e. The lowest BCUT2D eigenvalue weighted by Crippen LogP contribution is -2.54. The Morgan fingerprint density at radius 3 is 2.34 bits per heavy atom. The van der Waals surface area contributed by atoms with Crippen LogP contribution in [0.3, 0.4) is 0 Å². The van der Waals surface area contributed by atoms with Gasteiger partial charge >= 0.3 is 6.18 Å². The Labute approximate surface area is 169 Å². The zero-order chi connectivity index (χ0) is 21.2. The number of halogens is 3. The molecule has 2 heterocycles. The number of anilines is 1. The minimum atomic E-state index is -4.24. The van der Waals surface area contributed by atoms with E-state index in [1.165, 1.54) is 0 Å². The van der Waals surface area contributed by atoms with Crippen molar-refractivity contribution in [2.45, 2.75) is 63.6 Å². The molecule has 0 bridgehead atoms. The number of aryl methyl sites for hydroxylation is 1. The van der Waals surface area contributed by atoms with E-state index in [0.29, 0.717) is 22.6 Å². The molecule has 4 rings (SSSR count). The van der Waals surface area contributed by atoms with Crippen LogP contribution in [0.4, 0.5) is 19.0 Å². The van der Waals surface area contributed by atoms with Crippen LogP contribution < -0.4 is 5.73 Å². The maximum absolute atomic E-state index is 13.6. The smallest absolute Gasteiger partial charge is 0.382 e. The van der Waals surface area contributed by atoms with Gasteiger partial charge in [0.05, 0.1) is 23.0 Å². The number of hydrogen-bond acceptors (Lipinski definition) is 4. The molecule has 4 nitrogen and oxygen atoms in total. The van der Waals surface area contributed by atoms with E-state index in [2.05, 4.69) is 30.7 Å². The fourth-order valence-corrected chi connectivity index (χ4v) is 4.10. The number of aromatic nitrogens is 2. The Bertz CT molecular complexity index is 936. The van der Waals surface area contributed by atoms with E-state index in [1.54, 1.807) is 24.4 Å². The van der Waals surface area contributed by atoms with Crippen LogP contribution in [0.2, 0.25) is 0 Å². The summed E-state index contributed by atoms with van der Waals surface area (Å²) in [7, 11) is 0. The predicted octanol–water partition coefficient (Wildman–Crippen LogP) is 4.83. The summed E-state index contributed by atoms with van der Waals surface area (Å²) in [5.74, 6) is 0.588. The monoisotopic (exact) mass is 404 g/mol. The van der Waals surface area contributed by atoms with Crippen LogP contribution in [0.15, 0.2) is 24.4 Å². The van der Waals surface area contributed by atoms with Gasteiger partial charge in [0, 0.05) is 30.1 Å². The minimum absolute atomic E-state index is 0.0808. The Kier molecular flexibility index (Phi) is 4.46. The maximum atomic E-state index is 13.6. The number of nitrogen functional groups attached to an aromatic ring is 1. The molecule has 1 aromatic carbocycles. The predicted molar refractivity (Wildman–Crippen MR) is 108 cm³/mol. The highest BCUT2D eigenvalue weighted by atomic mass is 19.4. The zero-order valence-electron chi connectivity index (χ0n) is 17.3. The van der Waals surface area contributed by atoms with Crippen LogP contribution in [0.25, 0.3) is 11.3 Å². The molecule has 2 fully saturated rings. The van der Waals surface area contributed by atoms with E-state index in [-0.39, 0.29) is 24.3 Å². The topological polar surface area (TPSA) is 55.0 Å².